The quantitative estimate of drug-likeness (QED) is 0.440. The Bertz CT molecular complexity index is 1220. The van der Waals surface area contributed by atoms with E-state index in [-0.39, 0.29) is 35.9 Å². The third-order valence-corrected chi connectivity index (χ3v) is 4.66. The first-order chi connectivity index (χ1) is 14.6. The zero-order chi connectivity index (χ0) is 20.9. The van der Waals surface area contributed by atoms with Crippen molar-refractivity contribution >= 4 is 16.9 Å². The van der Waals surface area contributed by atoms with Crippen molar-refractivity contribution in [3.63, 3.8) is 0 Å². The standard InChI is InChI=1S/C20H21N7O3/c1-14-24-19(30-25-14)15-11-21-12-27(20(15)29)10-7-18(28)22-8-4-9-26-13-23-16-5-2-3-6-17(16)26/h2-3,5-6,11-13H,4,7-10H2,1H3,(H,22,28). The van der Waals surface area contributed by atoms with Crippen molar-refractivity contribution in [1.29, 1.82) is 0 Å². The highest BCUT2D eigenvalue weighted by molar-refractivity contribution is 5.76. The van der Waals surface area contributed by atoms with Crippen LogP contribution in [0.15, 0.2) is 52.4 Å². The van der Waals surface area contributed by atoms with Crippen molar-refractivity contribution in [3.05, 3.63) is 59.3 Å². The Kier molecular flexibility index (Phi) is 5.64. The van der Waals surface area contributed by atoms with Gasteiger partial charge < -0.3 is 14.4 Å². The van der Waals surface area contributed by atoms with Crippen LogP contribution in [0.2, 0.25) is 0 Å². The highest BCUT2D eigenvalue weighted by atomic mass is 16.5. The van der Waals surface area contributed by atoms with Crippen molar-refractivity contribution in [2.24, 2.45) is 0 Å². The zero-order valence-corrected chi connectivity index (χ0v) is 16.5. The molecule has 10 heteroatoms. The molecule has 0 atom stereocenters. The van der Waals surface area contributed by atoms with E-state index in [2.05, 4.69) is 30.0 Å². The van der Waals surface area contributed by atoms with Crippen LogP contribution in [-0.4, -0.2) is 41.7 Å². The summed E-state index contributed by atoms with van der Waals surface area (Å²) in [6.07, 6.45) is 5.53. The van der Waals surface area contributed by atoms with E-state index in [1.165, 1.54) is 17.1 Å². The molecule has 0 aliphatic heterocycles. The van der Waals surface area contributed by atoms with Gasteiger partial charge in [0.15, 0.2) is 5.82 Å². The van der Waals surface area contributed by atoms with Gasteiger partial charge in [0.2, 0.25) is 5.91 Å². The lowest BCUT2D eigenvalue weighted by Gasteiger charge is -2.08. The summed E-state index contributed by atoms with van der Waals surface area (Å²) in [5.41, 5.74) is 1.92. The summed E-state index contributed by atoms with van der Waals surface area (Å²) in [6, 6.07) is 7.93. The molecule has 0 saturated carbocycles. The first kappa shape index (κ1) is 19.5. The minimum atomic E-state index is -0.326. The molecule has 0 aliphatic carbocycles. The third-order valence-electron chi connectivity index (χ3n) is 4.66. The molecule has 0 spiro atoms. The van der Waals surface area contributed by atoms with Crippen LogP contribution in [0.5, 0.6) is 0 Å². The summed E-state index contributed by atoms with van der Waals surface area (Å²) in [4.78, 5) is 37.1. The van der Waals surface area contributed by atoms with E-state index in [0.717, 1.165) is 24.0 Å². The van der Waals surface area contributed by atoms with Gasteiger partial charge in [-0.25, -0.2) is 9.97 Å². The highest BCUT2D eigenvalue weighted by Crippen LogP contribution is 2.12. The summed E-state index contributed by atoms with van der Waals surface area (Å²) < 4.78 is 8.47. The molecule has 10 nitrogen and oxygen atoms in total. The van der Waals surface area contributed by atoms with E-state index < -0.39 is 0 Å². The van der Waals surface area contributed by atoms with Gasteiger partial charge in [-0.2, -0.15) is 4.98 Å². The van der Waals surface area contributed by atoms with Gasteiger partial charge >= 0.3 is 0 Å². The molecule has 4 aromatic rings. The molecule has 0 fully saturated rings. The van der Waals surface area contributed by atoms with Crippen LogP contribution in [-0.2, 0) is 17.9 Å². The van der Waals surface area contributed by atoms with Crippen molar-refractivity contribution in [2.45, 2.75) is 32.9 Å². The Balaban J connectivity index is 1.26. The zero-order valence-electron chi connectivity index (χ0n) is 16.5. The maximum Gasteiger partial charge on any atom is 0.266 e. The Morgan fingerprint density at radius 1 is 1.17 bits per heavy atom. The van der Waals surface area contributed by atoms with Gasteiger partial charge in [-0.05, 0) is 25.5 Å². The monoisotopic (exact) mass is 407 g/mol. The van der Waals surface area contributed by atoms with Gasteiger partial charge in [-0.1, -0.05) is 17.3 Å². The molecule has 1 aromatic carbocycles. The number of nitrogens with one attached hydrogen (secondary N) is 1. The Morgan fingerprint density at radius 3 is 2.87 bits per heavy atom. The van der Waals surface area contributed by atoms with Crippen LogP contribution in [0, 0.1) is 6.92 Å². The molecule has 0 unspecified atom stereocenters. The van der Waals surface area contributed by atoms with E-state index in [9.17, 15) is 9.59 Å². The first-order valence-electron chi connectivity index (χ1n) is 9.63. The van der Waals surface area contributed by atoms with Gasteiger partial charge in [0.25, 0.3) is 11.4 Å². The second-order valence-electron chi connectivity index (χ2n) is 6.83. The molecule has 1 amide bonds. The number of para-hydroxylation sites is 2. The fourth-order valence-electron chi connectivity index (χ4n) is 3.14. The number of aromatic nitrogens is 6. The van der Waals surface area contributed by atoms with Gasteiger partial charge in [-0.15, -0.1) is 0 Å². The Morgan fingerprint density at radius 2 is 2.03 bits per heavy atom. The largest absolute Gasteiger partial charge is 0.356 e. The van der Waals surface area contributed by atoms with Crippen LogP contribution >= 0.6 is 0 Å². The molecular weight excluding hydrogens is 386 g/mol. The number of hydrogen-bond acceptors (Lipinski definition) is 7. The molecule has 0 aliphatic rings. The van der Waals surface area contributed by atoms with Gasteiger partial charge in [0.1, 0.15) is 5.56 Å². The average molecular weight is 407 g/mol. The molecular formula is C20H21N7O3. The summed E-state index contributed by atoms with van der Waals surface area (Å²) >= 11 is 0. The van der Waals surface area contributed by atoms with Crippen LogP contribution in [0.1, 0.15) is 18.7 Å². The average Bonchev–Trinajstić information content (AvgIpc) is 3.37. The summed E-state index contributed by atoms with van der Waals surface area (Å²) in [5.74, 6) is 0.426. The molecule has 30 heavy (non-hydrogen) atoms. The highest BCUT2D eigenvalue weighted by Gasteiger charge is 2.13. The maximum absolute atomic E-state index is 12.5. The van der Waals surface area contributed by atoms with Crippen LogP contribution in [0.25, 0.3) is 22.5 Å². The number of rotatable bonds is 8. The maximum atomic E-state index is 12.5. The summed E-state index contributed by atoms with van der Waals surface area (Å²) in [6.45, 7) is 3.18. The number of imidazole rings is 1. The topological polar surface area (TPSA) is 121 Å². The normalized spacial score (nSPS) is 11.1. The van der Waals surface area contributed by atoms with E-state index in [4.69, 9.17) is 4.52 Å². The lowest BCUT2D eigenvalue weighted by molar-refractivity contribution is -0.121. The number of amides is 1. The lowest BCUT2D eigenvalue weighted by Crippen LogP contribution is -2.29. The van der Waals surface area contributed by atoms with Crippen LogP contribution < -0.4 is 10.9 Å². The number of benzene rings is 1. The van der Waals surface area contributed by atoms with Gasteiger partial charge in [0, 0.05) is 32.3 Å². The number of carbonyl (C=O) groups is 1. The van der Waals surface area contributed by atoms with E-state index in [0.29, 0.717) is 12.4 Å². The Labute approximate surface area is 171 Å². The first-order valence-corrected chi connectivity index (χ1v) is 9.63. The van der Waals surface area contributed by atoms with E-state index in [1.54, 1.807) is 6.92 Å². The SMILES string of the molecule is Cc1noc(-c2cncn(CCC(=O)NCCCn3cnc4ccccc43)c2=O)n1. The molecule has 1 N–H and O–H groups in total. The second-order valence-corrected chi connectivity index (χ2v) is 6.83. The molecule has 0 saturated heterocycles. The number of fused-ring (bicyclic) bond motifs is 1. The van der Waals surface area contributed by atoms with Crippen molar-refractivity contribution in [1.82, 2.24) is 34.6 Å². The predicted octanol–water partition coefficient (Wildman–Crippen LogP) is 1.55. The second kappa shape index (κ2) is 8.68. The van der Waals surface area contributed by atoms with Crippen molar-refractivity contribution in [3.8, 4) is 11.5 Å². The molecule has 0 bridgehead atoms. The van der Waals surface area contributed by atoms with Crippen LogP contribution in [0.3, 0.4) is 0 Å². The fourth-order valence-corrected chi connectivity index (χ4v) is 3.14. The van der Waals surface area contributed by atoms with Crippen molar-refractivity contribution < 1.29 is 9.32 Å². The van der Waals surface area contributed by atoms with E-state index >= 15 is 0 Å². The number of nitrogens with zero attached hydrogens (tertiary/aromatic N) is 6. The molecule has 3 heterocycles. The number of carbonyl (C=O) groups excluding carboxylic acids is 1. The minimum absolute atomic E-state index is 0.121. The minimum Gasteiger partial charge on any atom is -0.356 e. The number of aryl methyl sites for hydroxylation is 3. The molecule has 154 valence electrons. The van der Waals surface area contributed by atoms with Crippen LogP contribution in [0.4, 0.5) is 0 Å². The third kappa shape index (κ3) is 4.27. The lowest BCUT2D eigenvalue weighted by atomic mass is 10.3. The smallest absolute Gasteiger partial charge is 0.266 e. The van der Waals surface area contributed by atoms with Gasteiger partial charge in [-0.3, -0.25) is 14.2 Å². The molecule has 0 radical (unpaired) electrons. The summed E-state index contributed by atoms with van der Waals surface area (Å²) in [7, 11) is 0. The summed E-state index contributed by atoms with van der Waals surface area (Å²) in [5, 5.41) is 6.57. The fraction of sp³-hybridized carbons (Fsp3) is 0.300. The van der Waals surface area contributed by atoms with Gasteiger partial charge in [0.05, 0.1) is 23.7 Å². The number of hydrogen-bond donors (Lipinski definition) is 1. The van der Waals surface area contributed by atoms with Crippen molar-refractivity contribution in [2.75, 3.05) is 6.54 Å². The Hall–Kier alpha value is -3.82. The molecule has 3 aromatic heterocycles. The predicted molar refractivity (Wildman–Crippen MR) is 109 cm³/mol. The van der Waals surface area contributed by atoms with E-state index in [1.807, 2.05) is 30.6 Å². The molecule has 4 rings (SSSR count).